The molecule has 0 heterocycles. The number of carbonyl (C=O) groups is 3. The average Bonchev–Trinajstić information content (AvgIpc) is 2.49. The van der Waals surface area contributed by atoms with Crippen LogP contribution >= 0.6 is 0 Å². The monoisotopic (exact) mass is 314 g/mol. The summed E-state index contributed by atoms with van der Waals surface area (Å²) in [5.74, 6) is -1.55. The third kappa shape index (κ3) is 5.03. The minimum Gasteiger partial charge on any atom is -0.326 e. The van der Waals surface area contributed by atoms with Gasteiger partial charge in [0, 0.05) is 16.9 Å². The zero-order valence-electron chi connectivity index (χ0n) is 12.4. The van der Waals surface area contributed by atoms with E-state index >= 15 is 0 Å². The largest absolute Gasteiger partial charge is 0.326 e. The summed E-state index contributed by atoms with van der Waals surface area (Å²) >= 11 is 0. The smallest absolute Gasteiger partial charge is 0.233 e. The number of anilines is 2. The molecule has 5 nitrogen and oxygen atoms in total. The first-order valence-corrected chi connectivity index (χ1v) is 6.90. The molecule has 0 aliphatic rings. The van der Waals surface area contributed by atoms with Crippen LogP contribution in [0.15, 0.2) is 48.5 Å². The van der Waals surface area contributed by atoms with Crippen molar-refractivity contribution in [3.8, 4) is 0 Å². The van der Waals surface area contributed by atoms with Gasteiger partial charge >= 0.3 is 0 Å². The van der Waals surface area contributed by atoms with Gasteiger partial charge in [-0.25, -0.2) is 4.39 Å². The lowest BCUT2D eigenvalue weighted by Crippen LogP contribution is -2.21. The fraction of sp³-hybridized carbons (Fsp3) is 0.118. The Kier molecular flexibility index (Phi) is 5.19. The molecule has 118 valence electrons. The van der Waals surface area contributed by atoms with E-state index in [0.717, 1.165) is 0 Å². The molecule has 0 aliphatic carbocycles. The Morgan fingerprint density at radius 2 is 1.52 bits per heavy atom. The number of ketones is 1. The molecule has 2 N–H and O–H groups in total. The van der Waals surface area contributed by atoms with Gasteiger partial charge in [0.1, 0.15) is 12.2 Å². The first-order valence-electron chi connectivity index (χ1n) is 6.90. The van der Waals surface area contributed by atoms with Crippen LogP contribution in [-0.4, -0.2) is 17.6 Å². The Morgan fingerprint density at radius 1 is 0.913 bits per heavy atom. The van der Waals surface area contributed by atoms with Crippen molar-refractivity contribution in [1.29, 1.82) is 0 Å². The van der Waals surface area contributed by atoms with Crippen LogP contribution in [0.5, 0.6) is 0 Å². The summed E-state index contributed by atoms with van der Waals surface area (Å²) in [6.45, 7) is 1.43. The maximum Gasteiger partial charge on any atom is 0.233 e. The Labute approximate surface area is 132 Å². The van der Waals surface area contributed by atoms with Gasteiger partial charge < -0.3 is 10.6 Å². The van der Waals surface area contributed by atoms with Crippen LogP contribution in [0.2, 0.25) is 0 Å². The van der Waals surface area contributed by atoms with Gasteiger partial charge in [-0.15, -0.1) is 0 Å². The Balaban J connectivity index is 1.91. The van der Waals surface area contributed by atoms with Crippen molar-refractivity contribution in [3.63, 3.8) is 0 Å². The van der Waals surface area contributed by atoms with E-state index in [1.54, 1.807) is 18.2 Å². The molecule has 0 unspecified atom stereocenters. The summed E-state index contributed by atoms with van der Waals surface area (Å²) < 4.78 is 12.8. The minimum absolute atomic E-state index is 0.116. The maximum absolute atomic E-state index is 12.8. The highest BCUT2D eigenvalue weighted by Gasteiger charge is 2.11. The highest BCUT2D eigenvalue weighted by molar-refractivity contribution is 6.08. The van der Waals surface area contributed by atoms with Crippen molar-refractivity contribution < 1.29 is 18.8 Å². The number of Topliss-reactive ketones (excluding diaryl/α,β-unsaturated/α-hetero) is 1. The van der Waals surface area contributed by atoms with Gasteiger partial charge in [-0.2, -0.15) is 0 Å². The van der Waals surface area contributed by atoms with E-state index in [1.807, 2.05) is 0 Å². The van der Waals surface area contributed by atoms with Gasteiger partial charge in [0.25, 0.3) is 0 Å². The second kappa shape index (κ2) is 7.31. The van der Waals surface area contributed by atoms with Crippen LogP contribution in [0, 0.1) is 5.82 Å². The summed E-state index contributed by atoms with van der Waals surface area (Å²) in [4.78, 5) is 34.9. The molecule has 23 heavy (non-hydrogen) atoms. The molecule has 0 atom stereocenters. The van der Waals surface area contributed by atoms with Gasteiger partial charge in [-0.05, 0) is 43.3 Å². The Morgan fingerprint density at radius 3 is 2.13 bits per heavy atom. The van der Waals surface area contributed by atoms with Gasteiger partial charge in [-0.1, -0.05) is 12.1 Å². The zero-order valence-corrected chi connectivity index (χ0v) is 12.4. The summed E-state index contributed by atoms with van der Waals surface area (Å²) in [5.41, 5.74) is 1.32. The number of hydrogen-bond donors (Lipinski definition) is 2. The first kappa shape index (κ1) is 16.4. The molecule has 2 rings (SSSR count). The number of rotatable bonds is 5. The Bertz CT molecular complexity index is 742. The van der Waals surface area contributed by atoms with E-state index in [-0.39, 0.29) is 12.2 Å². The van der Waals surface area contributed by atoms with E-state index < -0.39 is 17.6 Å². The van der Waals surface area contributed by atoms with E-state index in [1.165, 1.54) is 37.3 Å². The van der Waals surface area contributed by atoms with E-state index in [0.29, 0.717) is 16.9 Å². The molecule has 0 spiro atoms. The molecule has 0 saturated carbocycles. The van der Waals surface area contributed by atoms with Crippen LogP contribution in [0.25, 0.3) is 0 Å². The zero-order chi connectivity index (χ0) is 16.8. The van der Waals surface area contributed by atoms with Crippen LogP contribution in [0.4, 0.5) is 15.8 Å². The predicted octanol–water partition coefficient (Wildman–Crippen LogP) is 3.00. The number of benzene rings is 2. The second-order valence-corrected chi connectivity index (χ2v) is 4.92. The van der Waals surface area contributed by atoms with Gasteiger partial charge in [0.05, 0.1) is 0 Å². The second-order valence-electron chi connectivity index (χ2n) is 4.92. The first-order chi connectivity index (χ1) is 10.9. The summed E-state index contributed by atoms with van der Waals surface area (Å²) in [6, 6.07) is 11.7. The lowest BCUT2D eigenvalue weighted by atomic mass is 10.1. The van der Waals surface area contributed by atoms with Crippen molar-refractivity contribution >= 4 is 29.0 Å². The van der Waals surface area contributed by atoms with Crippen molar-refractivity contribution in [3.05, 3.63) is 59.9 Å². The number of nitrogens with one attached hydrogen (secondary N) is 2. The fourth-order valence-electron chi connectivity index (χ4n) is 1.91. The molecule has 0 saturated heterocycles. The SMILES string of the molecule is CC(=O)c1cccc(NC(=O)CC(=O)Nc2ccc(F)cc2)c1. The standard InChI is InChI=1S/C17H15FN2O3/c1-11(21)12-3-2-4-15(9-12)20-17(23)10-16(22)19-14-7-5-13(18)6-8-14/h2-9H,10H2,1H3,(H,19,22)(H,20,23). The van der Waals surface area contributed by atoms with Crippen molar-refractivity contribution in [2.75, 3.05) is 10.6 Å². The molecule has 0 radical (unpaired) electrons. The van der Waals surface area contributed by atoms with Crippen LogP contribution < -0.4 is 10.6 Å². The van der Waals surface area contributed by atoms with Crippen LogP contribution in [0.3, 0.4) is 0 Å². The molecular weight excluding hydrogens is 299 g/mol. The van der Waals surface area contributed by atoms with Gasteiger partial charge in [0.15, 0.2) is 5.78 Å². The highest BCUT2D eigenvalue weighted by atomic mass is 19.1. The van der Waals surface area contributed by atoms with Crippen LogP contribution in [-0.2, 0) is 9.59 Å². The van der Waals surface area contributed by atoms with Crippen molar-refractivity contribution in [1.82, 2.24) is 0 Å². The van der Waals surface area contributed by atoms with Gasteiger partial charge in [-0.3, -0.25) is 14.4 Å². The van der Waals surface area contributed by atoms with E-state index in [9.17, 15) is 18.8 Å². The molecule has 0 aliphatic heterocycles. The van der Waals surface area contributed by atoms with Gasteiger partial charge in [0.2, 0.25) is 11.8 Å². The lowest BCUT2D eigenvalue weighted by molar-refractivity contribution is -0.123. The summed E-state index contributed by atoms with van der Waals surface area (Å²) in [6.07, 6.45) is -0.387. The number of amides is 2. The molecular formula is C17H15FN2O3. The van der Waals surface area contributed by atoms with E-state index in [4.69, 9.17) is 0 Å². The fourth-order valence-corrected chi connectivity index (χ4v) is 1.91. The summed E-state index contributed by atoms with van der Waals surface area (Å²) in [5, 5.41) is 5.05. The average molecular weight is 314 g/mol. The third-order valence-electron chi connectivity index (χ3n) is 3.00. The van der Waals surface area contributed by atoms with Crippen molar-refractivity contribution in [2.45, 2.75) is 13.3 Å². The molecule has 0 fully saturated rings. The molecule has 2 aromatic rings. The number of halogens is 1. The van der Waals surface area contributed by atoms with Crippen LogP contribution in [0.1, 0.15) is 23.7 Å². The molecule has 2 aromatic carbocycles. The summed E-state index contributed by atoms with van der Waals surface area (Å²) in [7, 11) is 0. The topological polar surface area (TPSA) is 75.3 Å². The number of hydrogen-bond acceptors (Lipinski definition) is 3. The Hall–Kier alpha value is -3.02. The quantitative estimate of drug-likeness (QED) is 0.658. The minimum atomic E-state index is -0.517. The normalized spacial score (nSPS) is 10.0. The molecule has 0 bridgehead atoms. The molecule has 0 aromatic heterocycles. The van der Waals surface area contributed by atoms with E-state index in [2.05, 4.69) is 10.6 Å². The van der Waals surface area contributed by atoms with Crippen molar-refractivity contribution in [2.24, 2.45) is 0 Å². The highest BCUT2D eigenvalue weighted by Crippen LogP contribution is 2.12. The predicted molar refractivity (Wildman–Crippen MR) is 84.7 cm³/mol. The molecule has 2 amide bonds. The maximum atomic E-state index is 12.8. The lowest BCUT2D eigenvalue weighted by Gasteiger charge is -2.07. The third-order valence-corrected chi connectivity index (χ3v) is 3.00. The number of carbonyl (C=O) groups excluding carboxylic acids is 3. The molecule has 6 heteroatoms.